The molecule has 0 atom stereocenters. The largest absolute Gasteiger partial charge is 0.457 e. The summed E-state index contributed by atoms with van der Waals surface area (Å²) in [5.74, 6) is 1.74. The van der Waals surface area contributed by atoms with Gasteiger partial charge < -0.3 is 24.3 Å². The van der Waals surface area contributed by atoms with Gasteiger partial charge >= 0.3 is 0 Å². The van der Waals surface area contributed by atoms with Gasteiger partial charge in [0.05, 0.1) is 36.1 Å². The summed E-state index contributed by atoms with van der Waals surface area (Å²) in [7, 11) is 0. The molecule has 2 saturated carbocycles. The van der Waals surface area contributed by atoms with Crippen LogP contribution in [0, 0.1) is 0 Å². The summed E-state index contributed by atoms with van der Waals surface area (Å²) in [6, 6.07) is 36.3. The van der Waals surface area contributed by atoms with E-state index in [2.05, 4.69) is 117 Å². The van der Waals surface area contributed by atoms with Crippen molar-refractivity contribution in [2.24, 2.45) is 0 Å². The summed E-state index contributed by atoms with van der Waals surface area (Å²) in [6.45, 7) is 1.80. The standard InChI is InChI=1S/C38H42N4O/c1-3-13-29(14-4-1)39-27-41(37-23-9-7-21-35(37)39)31-17-11-19-33(25-31)43-34-20-12-18-32(26-34)42-28-40(30-15-5-2-6-16-30)36-22-8-10-24-38(36)42/h7-12,17-26,29-30H,1-6,13-16,27-28H2. The molecule has 0 saturated heterocycles. The Balaban J connectivity index is 1.03. The number of anilines is 6. The molecule has 5 heteroatoms. The minimum Gasteiger partial charge on any atom is -0.457 e. The smallest absolute Gasteiger partial charge is 0.129 e. The van der Waals surface area contributed by atoms with E-state index in [1.807, 2.05) is 0 Å². The number of rotatable bonds is 6. The lowest BCUT2D eigenvalue weighted by Gasteiger charge is -2.33. The van der Waals surface area contributed by atoms with Gasteiger partial charge in [-0.2, -0.15) is 0 Å². The second-order valence-electron chi connectivity index (χ2n) is 12.7. The molecule has 2 aliphatic heterocycles. The maximum Gasteiger partial charge on any atom is 0.129 e. The molecule has 0 radical (unpaired) electrons. The highest BCUT2D eigenvalue weighted by Gasteiger charge is 2.33. The normalized spacial score (nSPS) is 19.1. The third kappa shape index (κ3) is 5.09. The summed E-state index contributed by atoms with van der Waals surface area (Å²) in [4.78, 5) is 10.2. The molecule has 0 unspecified atom stereocenters. The fourth-order valence-electron chi connectivity index (χ4n) is 7.90. The monoisotopic (exact) mass is 570 g/mol. The lowest BCUT2D eigenvalue weighted by atomic mass is 9.94. The number of benzene rings is 4. The van der Waals surface area contributed by atoms with Gasteiger partial charge in [-0.3, -0.25) is 0 Å². The molecule has 0 spiro atoms. The third-order valence-corrected chi connectivity index (χ3v) is 10.1. The maximum atomic E-state index is 6.56. The maximum absolute atomic E-state index is 6.56. The molecule has 8 rings (SSSR count). The van der Waals surface area contributed by atoms with Gasteiger partial charge in [-0.15, -0.1) is 0 Å². The average molecular weight is 571 g/mol. The molecule has 2 aliphatic carbocycles. The van der Waals surface area contributed by atoms with E-state index < -0.39 is 0 Å². The molecular weight excluding hydrogens is 528 g/mol. The van der Waals surface area contributed by atoms with E-state index in [-0.39, 0.29) is 0 Å². The number of fused-ring (bicyclic) bond motifs is 2. The van der Waals surface area contributed by atoms with E-state index in [0.717, 1.165) is 24.8 Å². The predicted molar refractivity (Wildman–Crippen MR) is 179 cm³/mol. The highest BCUT2D eigenvalue weighted by molar-refractivity contribution is 5.84. The fourth-order valence-corrected chi connectivity index (χ4v) is 7.90. The summed E-state index contributed by atoms with van der Waals surface area (Å²) in [6.07, 6.45) is 13.3. The van der Waals surface area contributed by atoms with E-state index in [1.54, 1.807) is 0 Å². The second-order valence-corrected chi connectivity index (χ2v) is 12.7. The van der Waals surface area contributed by atoms with Gasteiger partial charge in [0.1, 0.15) is 11.5 Å². The Labute approximate surface area is 256 Å². The Morgan fingerprint density at radius 2 is 0.860 bits per heavy atom. The molecule has 0 N–H and O–H groups in total. The highest BCUT2D eigenvalue weighted by atomic mass is 16.5. The van der Waals surface area contributed by atoms with Crippen molar-refractivity contribution in [2.45, 2.75) is 76.3 Å². The van der Waals surface area contributed by atoms with Gasteiger partial charge in [-0.25, -0.2) is 0 Å². The Kier molecular flexibility index (Phi) is 7.10. The van der Waals surface area contributed by atoms with Crippen LogP contribution >= 0.6 is 0 Å². The average Bonchev–Trinajstić information content (AvgIpc) is 3.66. The first kappa shape index (κ1) is 26.5. The molecular formula is C38H42N4O. The molecule has 4 aliphatic rings. The topological polar surface area (TPSA) is 22.2 Å². The van der Waals surface area contributed by atoms with Crippen LogP contribution in [0.5, 0.6) is 11.5 Å². The van der Waals surface area contributed by atoms with Gasteiger partial charge in [0.15, 0.2) is 0 Å². The molecule has 0 bridgehead atoms. The number of para-hydroxylation sites is 4. The van der Waals surface area contributed by atoms with Crippen LogP contribution in [0.2, 0.25) is 0 Å². The van der Waals surface area contributed by atoms with Crippen LogP contribution in [0.15, 0.2) is 97.1 Å². The van der Waals surface area contributed by atoms with Crippen molar-refractivity contribution in [1.82, 2.24) is 0 Å². The molecule has 220 valence electrons. The van der Waals surface area contributed by atoms with Crippen molar-refractivity contribution in [1.29, 1.82) is 0 Å². The van der Waals surface area contributed by atoms with Crippen LogP contribution in [-0.2, 0) is 0 Å². The van der Waals surface area contributed by atoms with Crippen molar-refractivity contribution in [3.8, 4) is 11.5 Å². The lowest BCUT2D eigenvalue weighted by molar-refractivity contribution is 0.420. The lowest BCUT2D eigenvalue weighted by Crippen LogP contribution is -2.38. The molecule has 0 amide bonds. The van der Waals surface area contributed by atoms with Crippen LogP contribution in [0.3, 0.4) is 0 Å². The molecule has 2 heterocycles. The Bertz CT molecular complexity index is 1460. The Hall–Kier alpha value is -4.12. The van der Waals surface area contributed by atoms with Crippen molar-refractivity contribution >= 4 is 34.1 Å². The predicted octanol–water partition coefficient (Wildman–Crippen LogP) is 9.98. The van der Waals surface area contributed by atoms with Crippen molar-refractivity contribution < 1.29 is 4.74 Å². The Morgan fingerprint density at radius 1 is 0.442 bits per heavy atom. The van der Waals surface area contributed by atoms with Crippen molar-refractivity contribution in [3.05, 3.63) is 97.1 Å². The van der Waals surface area contributed by atoms with Gasteiger partial charge in [-0.05, 0) is 74.2 Å². The summed E-state index contributed by atoms with van der Waals surface area (Å²) in [5.41, 5.74) is 7.67. The number of hydrogen-bond donors (Lipinski definition) is 0. The zero-order valence-electron chi connectivity index (χ0n) is 25.1. The van der Waals surface area contributed by atoms with Crippen LogP contribution in [0.4, 0.5) is 34.1 Å². The third-order valence-electron chi connectivity index (χ3n) is 10.1. The van der Waals surface area contributed by atoms with Gasteiger partial charge in [-0.1, -0.05) is 74.9 Å². The van der Waals surface area contributed by atoms with Crippen LogP contribution in [0.1, 0.15) is 64.2 Å². The van der Waals surface area contributed by atoms with E-state index in [4.69, 9.17) is 4.74 Å². The van der Waals surface area contributed by atoms with E-state index in [0.29, 0.717) is 12.1 Å². The Morgan fingerprint density at radius 3 is 1.30 bits per heavy atom. The first-order chi connectivity index (χ1) is 21.3. The van der Waals surface area contributed by atoms with Gasteiger partial charge in [0.25, 0.3) is 0 Å². The number of hydrogen-bond acceptors (Lipinski definition) is 5. The van der Waals surface area contributed by atoms with Gasteiger partial charge in [0, 0.05) is 35.6 Å². The molecule has 5 nitrogen and oxygen atoms in total. The molecule has 2 fully saturated rings. The van der Waals surface area contributed by atoms with Crippen LogP contribution in [0.25, 0.3) is 0 Å². The van der Waals surface area contributed by atoms with Crippen LogP contribution < -0.4 is 24.3 Å². The first-order valence-corrected chi connectivity index (χ1v) is 16.5. The number of nitrogens with zero attached hydrogens (tertiary/aromatic N) is 4. The van der Waals surface area contributed by atoms with Crippen molar-refractivity contribution in [2.75, 3.05) is 32.9 Å². The molecule has 0 aromatic heterocycles. The summed E-state index contributed by atoms with van der Waals surface area (Å²) >= 11 is 0. The SMILES string of the molecule is c1cc(Oc2cccc(N3CN(C4CCCCC4)c4ccccc43)c2)cc(N2CN(C3CCCCC3)c3ccccc32)c1. The zero-order valence-corrected chi connectivity index (χ0v) is 25.1. The van der Waals surface area contributed by atoms with Crippen LogP contribution in [-0.4, -0.2) is 25.4 Å². The van der Waals surface area contributed by atoms with Gasteiger partial charge in [0.2, 0.25) is 0 Å². The van der Waals surface area contributed by atoms with E-state index in [9.17, 15) is 0 Å². The van der Waals surface area contributed by atoms with Crippen molar-refractivity contribution in [3.63, 3.8) is 0 Å². The molecule has 43 heavy (non-hydrogen) atoms. The number of ether oxygens (including phenoxy) is 1. The molecule has 4 aromatic rings. The highest BCUT2D eigenvalue weighted by Crippen LogP contribution is 2.46. The fraction of sp³-hybridized carbons (Fsp3) is 0.368. The summed E-state index contributed by atoms with van der Waals surface area (Å²) < 4.78 is 6.56. The molecule has 4 aromatic carbocycles. The first-order valence-electron chi connectivity index (χ1n) is 16.5. The van der Waals surface area contributed by atoms with E-state index >= 15 is 0 Å². The zero-order chi connectivity index (χ0) is 28.6. The minimum atomic E-state index is 0.631. The quantitative estimate of drug-likeness (QED) is 0.229. The summed E-state index contributed by atoms with van der Waals surface area (Å²) in [5, 5.41) is 0. The minimum absolute atomic E-state index is 0.631. The second kappa shape index (κ2) is 11.5. The van der Waals surface area contributed by atoms with E-state index in [1.165, 1.54) is 98.3 Å².